The Bertz CT molecular complexity index is 1230. The van der Waals surface area contributed by atoms with E-state index < -0.39 is 11.3 Å². The summed E-state index contributed by atoms with van der Waals surface area (Å²) in [5.41, 5.74) is 1.78. The van der Waals surface area contributed by atoms with Gasteiger partial charge in [-0.3, -0.25) is 14.4 Å². The van der Waals surface area contributed by atoms with Crippen LogP contribution in [0.15, 0.2) is 90.5 Å². The maximum atomic E-state index is 13.4. The first-order chi connectivity index (χ1) is 17.0. The van der Waals surface area contributed by atoms with E-state index in [2.05, 4.69) is 24.0 Å². The van der Waals surface area contributed by atoms with Crippen LogP contribution >= 0.6 is 0 Å². The molecule has 6 heteroatoms. The van der Waals surface area contributed by atoms with Crippen LogP contribution in [-0.4, -0.2) is 40.9 Å². The fourth-order valence-corrected chi connectivity index (χ4v) is 4.55. The molecule has 0 bridgehead atoms. The zero-order valence-corrected chi connectivity index (χ0v) is 19.9. The molecule has 0 atom stereocenters. The molecule has 2 amide bonds. The summed E-state index contributed by atoms with van der Waals surface area (Å²) in [5.74, 6) is -0.312. The molecule has 1 aromatic heterocycles. The van der Waals surface area contributed by atoms with E-state index in [4.69, 9.17) is 0 Å². The molecule has 3 aromatic rings. The lowest BCUT2D eigenvalue weighted by molar-refractivity contribution is 0.0688. The number of nitrogens with one attached hydrogen (secondary N) is 1. The van der Waals surface area contributed by atoms with Gasteiger partial charge in [0.1, 0.15) is 11.1 Å². The normalized spacial score (nSPS) is 13.9. The summed E-state index contributed by atoms with van der Waals surface area (Å²) >= 11 is 0. The number of aromatic nitrogens is 1. The van der Waals surface area contributed by atoms with Gasteiger partial charge in [-0.15, -0.1) is 6.58 Å². The van der Waals surface area contributed by atoms with E-state index in [9.17, 15) is 14.4 Å². The Labute approximate surface area is 205 Å². The summed E-state index contributed by atoms with van der Waals surface area (Å²) in [6, 6.07) is 20.1. The van der Waals surface area contributed by atoms with Crippen molar-refractivity contribution >= 4 is 11.8 Å². The van der Waals surface area contributed by atoms with Crippen LogP contribution < -0.4 is 10.7 Å². The summed E-state index contributed by atoms with van der Waals surface area (Å²) in [6.07, 6.45) is 7.42. The average Bonchev–Trinajstić information content (AvgIpc) is 2.89. The number of carbonyl (C=O) groups excluding carboxylic acids is 2. The third-order valence-electron chi connectivity index (χ3n) is 6.44. The molecule has 1 aliphatic rings. The van der Waals surface area contributed by atoms with E-state index in [1.807, 2.05) is 48.5 Å². The minimum atomic E-state index is -0.535. The molecular weight excluding hydrogens is 438 g/mol. The van der Waals surface area contributed by atoms with Crippen molar-refractivity contribution in [3.63, 3.8) is 0 Å². The lowest BCUT2D eigenvalue weighted by Gasteiger charge is -2.32. The number of hydrogen-bond acceptors (Lipinski definition) is 3. The predicted octanol–water partition coefficient (Wildman–Crippen LogP) is 3.91. The van der Waals surface area contributed by atoms with E-state index >= 15 is 0 Å². The molecule has 1 saturated heterocycles. The molecule has 2 aromatic carbocycles. The third-order valence-corrected chi connectivity index (χ3v) is 6.44. The molecule has 1 aliphatic heterocycles. The summed E-state index contributed by atoms with van der Waals surface area (Å²) in [4.78, 5) is 41.1. The van der Waals surface area contributed by atoms with E-state index in [1.54, 1.807) is 21.7 Å². The molecule has 0 radical (unpaired) electrons. The summed E-state index contributed by atoms with van der Waals surface area (Å²) < 4.78 is 1.74. The van der Waals surface area contributed by atoms with Crippen LogP contribution in [0.3, 0.4) is 0 Å². The van der Waals surface area contributed by atoms with Crippen LogP contribution in [0.5, 0.6) is 0 Å². The number of pyridine rings is 1. The lowest BCUT2D eigenvalue weighted by atomic mass is 9.90. The number of likely N-dealkylation sites (tertiary alicyclic amines) is 1. The highest BCUT2D eigenvalue weighted by Gasteiger charge is 2.27. The zero-order valence-electron chi connectivity index (χ0n) is 19.9. The van der Waals surface area contributed by atoms with Crippen LogP contribution in [-0.2, 0) is 13.0 Å². The Hall–Kier alpha value is -3.93. The van der Waals surface area contributed by atoms with Crippen molar-refractivity contribution in [2.45, 2.75) is 25.8 Å². The highest BCUT2D eigenvalue weighted by Crippen LogP contribution is 2.22. The topological polar surface area (TPSA) is 71.4 Å². The standard InChI is InChI=1S/C29H31N3O3/c1-2-15-30-28(34)25-20-31(19-24-11-7-4-8-12-24)21-26(27(25)33)29(35)32-16-13-23(14-17-32)18-22-9-5-3-6-10-22/h2-12,20-21,23H,1,13-19H2,(H,30,34). The van der Waals surface area contributed by atoms with Gasteiger partial charge < -0.3 is 14.8 Å². The number of benzene rings is 2. The molecule has 0 aliphatic carbocycles. The number of rotatable bonds is 8. The van der Waals surface area contributed by atoms with Crippen molar-refractivity contribution in [1.82, 2.24) is 14.8 Å². The van der Waals surface area contributed by atoms with Crippen molar-refractivity contribution in [3.8, 4) is 0 Å². The number of carbonyl (C=O) groups is 2. The van der Waals surface area contributed by atoms with Gasteiger partial charge in [-0.05, 0) is 36.3 Å². The smallest absolute Gasteiger partial charge is 0.259 e. The van der Waals surface area contributed by atoms with Crippen LogP contribution in [0.1, 0.15) is 44.7 Å². The van der Waals surface area contributed by atoms with Crippen LogP contribution in [0, 0.1) is 5.92 Å². The van der Waals surface area contributed by atoms with Crippen molar-refractivity contribution in [1.29, 1.82) is 0 Å². The monoisotopic (exact) mass is 469 g/mol. The third kappa shape index (κ3) is 6.15. The van der Waals surface area contributed by atoms with Gasteiger partial charge in [-0.25, -0.2) is 0 Å². The molecule has 0 saturated carbocycles. The molecule has 2 heterocycles. The van der Waals surface area contributed by atoms with E-state index in [0.29, 0.717) is 25.6 Å². The number of hydrogen-bond donors (Lipinski definition) is 1. The molecule has 6 nitrogen and oxygen atoms in total. The second kappa shape index (κ2) is 11.5. The minimum absolute atomic E-state index is 0.0346. The average molecular weight is 470 g/mol. The predicted molar refractivity (Wildman–Crippen MR) is 138 cm³/mol. The first kappa shape index (κ1) is 24.2. The lowest BCUT2D eigenvalue weighted by Crippen LogP contribution is -2.42. The number of amides is 2. The van der Waals surface area contributed by atoms with E-state index in [1.165, 1.54) is 11.8 Å². The highest BCUT2D eigenvalue weighted by molar-refractivity contribution is 5.99. The Kier molecular flexibility index (Phi) is 7.93. The Balaban J connectivity index is 1.54. The fraction of sp³-hybridized carbons (Fsp3) is 0.276. The second-order valence-corrected chi connectivity index (χ2v) is 9.00. The van der Waals surface area contributed by atoms with Crippen molar-refractivity contribution < 1.29 is 9.59 Å². The van der Waals surface area contributed by atoms with Gasteiger partial charge >= 0.3 is 0 Å². The van der Waals surface area contributed by atoms with Gasteiger partial charge in [-0.2, -0.15) is 0 Å². The summed E-state index contributed by atoms with van der Waals surface area (Å²) in [5, 5.41) is 2.66. The fourth-order valence-electron chi connectivity index (χ4n) is 4.55. The Morgan fingerprint density at radius 1 is 0.914 bits per heavy atom. The van der Waals surface area contributed by atoms with Crippen LogP contribution in [0.25, 0.3) is 0 Å². The first-order valence-electron chi connectivity index (χ1n) is 12.1. The molecule has 0 spiro atoms. The molecule has 4 rings (SSSR count). The van der Waals surface area contributed by atoms with Gasteiger partial charge in [0.15, 0.2) is 0 Å². The zero-order chi connectivity index (χ0) is 24.6. The van der Waals surface area contributed by atoms with Gasteiger partial charge in [-0.1, -0.05) is 66.7 Å². The van der Waals surface area contributed by atoms with Gasteiger partial charge in [0.05, 0.1) is 0 Å². The first-order valence-corrected chi connectivity index (χ1v) is 12.1. The maximum absolute atomic E-state index is 13.4. The second-order valence-electron chi connectivity index (χ2n) is 9.00. The van der Waals surface area contributed by atoms with Gasteiger partial charge in [0.25, 0.3) is 11.8 Å². The van der Waals surface area contributed by atoms with Crippen LogP contribution in [0.4, 0.5) is 0 Å². The molecule has 0 unspecified atom stereocenters. The molecule has 35 heavy (non-hydrogen) atoms. The number of nitrogens with zero attached hydrogens (tertiary/aromatic N) is 2. The summed E-state index contributed by atoms with van der Waals surface area (Å²) in [6.45, 7) is 5.49. The Morgan fingerprint density at radius 3 is 2.14 bits per heavy atom. The molecule has 180 valence electrons. The maximum Gasteiger partial charge on any atom is 0.259 e. The SMILES string of the molecule is C=CCNC(=O)c1cn(Cc2ccccc2)cc(C(=O)N2CCC(Cc3ccccc3)CC2)c1=O. The number of piperidine rings is 1. The van der Waals surface area contributed by atoms with Crippen molar-refractivity contribution in [2.75, 3.05) is 19.6 Å². The van der Waals surface area contributed by atoms with E-state index in [0.717, 1.165) is 24.8 Å². The van der Waals surface area contributed by atoms with Gasteiger partial charge in [0.2, 0.25) is 5.43 Å². The molecular formula is C29H31N3O3. The van der Waals surface area contributed by atoms with Crippen LogP contribution in [0.2, 0.25) is 0 Å². The largest absolute Gasteiger partial charge is 0.348 e. The quantitative estimate of drug-likeness (QED) is 0.509. The molecule has 1 fully saturated rings. The van der Waals surface area contributed by atoms with Crippen molar-refractivity contribution in [3.05, 3.63) is 118 Å². The molecule has 1 N–H and O–H groups in total. The summed E-state index contributed by atoms with van der Waals surface area (Å²) in [7, 11) is 0. The van der Waals surface area contributed by atoms with Crippen molar-refractivity contribution in [2.24, 2.45) is 5.92 Å². The van der Waals surface area contributed by atoms with Gasteiger partial charge in [0, 0.05) is 38.6 Å². The Morgan fingerprint density at radius 2 is 1.51 bits per heavy atom. The minimum Gasteiger partial charge on any atom is -0.348 e. The highest BCUT2D eigenvalue weighted by atomic mass is 16.2. The van der Waals surface area contributed by atoms with E-state index in [-0.39, 0.29) is 23.6 Å².